The topological polar surface area (TPSA) is 95.5 Å². The zero-order chi connectivity index (χ0) is 20.0. The maximum absolute atomic E-state index is 13.0. The third kappa shape index (κ3) is 4.96. The maximum atomic E-state index is 13.0. The first-order chi connectivity index (χ1) is 12.9. The van der Waals surface area contributed by atoms with Crippen LogP contribution in [-0.4, -0.2) is 38.9 Å². The molecule has 0 bridgehead atoms. The van der Waals surface area contributed by atoms with Gasteiger partial charge in [0.25, 0.3) is 6.43 Å². The van der Waals surface area contributed by atoms with E-state index in [0.717, 1.165) is 11.8 Å². The minimum absolute atomic E-state index is 0.175. The molecular weight excluding hydrogens is 358 g/mol. The second kappa shape index (κ2) is 9.02. The molecule has 0 aliphatic carbocycles. The van der Waals surface area contributed by atoms with Gasteiger partial charge in [-0.3, -0.25) is 4.79 Å². The summed E-state index contributed by atoms with van der Waals surface area (Å²) in [6.07, 6.45) is -1.55. The molecule has 1 aromatic carbocycles. The lowest BCUT2D eigenvalue weighted by atomic mass is 10.0. The molecule has 1 heterocycles. The molecule has 4 N–H and O–H groups in total. The number of benzene rings is 1. The van der Waals surface area contributed by atoms with Crippen molar-refractivity contribution in [3.05, 3.63) is 47.8 Å². The number of carbonyl (C=O) groups is 1. The van der Waals surface area contributed by atoms with E-state index in [0.29, 0.717) is 11.5 Å². The van der Waals surface area contributed by atoms with Crippen LogP contribution in [-0.2, 0) is 11.3 Å². The van der Waals surface area contributed by atoms with Crippen molar-refractivity contribution in [1.82, 2.24) is 16.0 Å². The van der Waals surface area contributed by atoms with Gasteiger partial charge in [-0.15, -0.1) is 0 Å². The van der Waals surface area contributed by atoms with Crippen LogP contribution in [0.15, 0.2) is 42.2 Å². The monoisotopic (exact) mass is 380 g/mol. The highest BCUT2D eigenvalue weighted by Crippen LogP contribution is 2.27. The summed E-state index contributed by atoms with van der Waals surface area (Å²) >= 11 is 0. The van der Waals surface area contributed by atoms with E-state index in [2.05, 4.69) is 22.5 Å². The number of allylic oxidation sites excluding steroid dienone is 2. The molecule has 1 amide bonds. The summed E-state index contributed by atoms with van der Waals surface area (Å²) in [5.74, 6) is -0.422. The molecule has 0 radical (unpaired) electrons. The molecule has 7 nitrogen and oxygen atoms in total. The van der Waals surface area contributed by atoms with E-state index >= 15 is 0 Å². The summed E-state index contributed by atoms with van der Waals surface area (Å²) in [7, 11) is 3.03. The van der Waals surface area contributed by atoms with E-state index in [4.69, 9.17) is 14.9 Å². The van der Waals surface area contributed by atoms with Crippen LogP contribution in [0, 0.1) is 11.3 Å². The normalized spacial score (nSPS) is 17.3. The summed E-state index contributed by atoms with van der Waals surface area (Å²) < 4.78 is 36.3. The minimum atomic E-state index is -2.73. The molecule has 0 aromatic heterocycles. The van der Waals surface area contributed by atoms with Crippen molar-refractivity contribution in [2.75, 3.05) is 14.2 Å². The van der Waals surface area contributed by atoms with Crippen LogP contribution < -0.4 is 25.4 Å². The number of amides is 1. The first-order valence-electron chi connectivity index (χ1n) is 8.10. The van der Waals surface area contributed by atoms with Crippen molar-refractivity contribution >= 4 is 12.1 Å². The number of halogens is 2. The molecule has 146 valence electrons. The molecule has 2 unspecified atom stereocenters. The Labute approximate surface area is 155 Å². The van der Waals surface area contributed by atoms with Gasteiger partial charge in [0.2, 0.25) is 5.91 Å². The quantitative estimate of drug-likeness (QED) is 0.516. The van der Waals surface area contributed by atoms with Crippen molar-refractivity contribution in [2.24, 2.45) is 5.92 Å². The van der Waals surface area contributed by atoms with Gasteiger partial charge in [-0.25, -0.2) is 8.78 Å². The van der Waals surface area contributed by atoms with E-state index in [-0.39, 0.29) is 17.9 Å². The van der Waals surface area contributed by atoms with Gasteiger partial charge < -0.3 is 30.8 Å². The van der Waals surface area contributed by atoms with E-state index in [1.807, 2.05) is 0 Å². The number of hydrogen-bond acceptors (Lipinski definition) is 6. The second-order valence-corrected chi connectivity index (χ2v) is 5.79. The lowest BCUT2D eigenvalue weighted by Gasteiger charge is -2.32. The Morgan fingerprint density at radius 3 is 2.63 bits per heavy atom. The average molecular weight is 380 g/mol. The number of alkyl halides is 2. The SMILES string of the molecule is C=C1C=C(C(F)F)NC(C(C=N)C(=O)NCc2ccc(OC)c(OC)c2)N1. The maximum Gasteiger partial charge on any atom is 0.278 e. The molecule has 0 fully saturated rings. The van der Waals surface area contributed by atoms with Crippen molar-refractivity contribution < 1.29 is 23.0 Å². The fourth-order valence-electron chi connectivity index (χ4n) is 2.61. The number of carbonyl (C=O) groups excluding carboxylic acids is 1. The summed E-state index contributed by atoms with van der Waals surface area (Å²) in [5.41, 5.74) is 0.656. The number of methoxy groups -OCH3 is 2. The molecule has 2 atom stereocenters. The number of rotatable bonds is 8. The first kappa shape index (κ1) is 20.2. The van der Waals surface area contributed by atoms with Crippen molar-refractivity contribution in [1.29, 1.82) is 5.41 Å². The van der Waals surface area contributed by atoms with Gasteiger partial charge in [-0.2, -0.15) is 0 Å². The first-order valence-corrected chi connectivity index (χ1v) is 8.10. The highest BCUT2D eigenvalue weighted by Gasteiger charge is 2.31. The number of ether oxygens (including phenoxy) is 2. The van der Waals surface area contributed by atoms with Gasteiger partial charge in [0.15, 0.2) is 11.5 Å². The average Bonchev–Trinajstić information content (AvgIpc) is 2.66. The van der Waals surface area contributed by atoms with Crippen LogP contribution in [0.5, 0.6) is 11.5 Å². The van der Waals surface area contributed by atoms with Crippen LogP contribution in [0.3, 0.4) is 0 Å². The van der Waals surface area contributed by atoms with Gasteiger partial charge in [0.05, 0.1) is 19.9 Å². The third-order valence-corrected chi connectivity index (χ3v) is 3.98. The van der Waals surface area contributed by atoms with Gasteiger partial charge in [-0.1, -0.05) is 12.6 Å². The molecule has 9 heteroatoms. The fraction of sp³-hybridized carbons (Fsp3) is 0.333. The Hall–Kier alpha value is -3.10. The minimum Gasteiger partial charge on any atom is -0.493 e. The highest BCUT2D eigenvalue weighted by molar-refractivity contribution is 5.93. The predicted octanol–water partition coefficient (Wildman–Crippen LogP) is 1.77. The van der Waals surface area contributed by atoms with Gasteiger partial charge in [-0.05, 0) is 23.8 Å². The third-order valence-electron chi connectivity index (χ3n) is 3.98. The fourth-order valence-corrected chi connectivity index (χ4v) is 2.61. The predicted molar refractivity (Wildman–Crippen MR) is 97.0 cm³/mol. The standard InChI is InChI=1S/C18H22F2N4O3/c1-10-6-13(16(19)20)24-17(23-10)12(8-21)18(25)22-9-11-4-5-14(26-2)15(7-11)27-3/h4-8,12,16-17,21,23-24H,1,9H2,2-3H3,(H,22,25). The number of hydrogen-bond donors (Lipinski definition) is 4. The molecule has 1 aromatic rings. The lowest BCUT2D eigenvalue weighted by molar-refractivity contribution is -0.124. The van der Waals surface area contributed by atoms with Crippen molar-refractivity contribution in [3.8, 4) is 11.5 Å². The van der Waals surface area contributed by atoms with Crippen molar-refractivity contribution in [2.45, 2.75) is 19.1 Å². The van der Waals surface area contributed by atoms with Crippen molar-refractivity contribution in [3.63, 3.8) is 0 Å². The van der Waals surface area contributed by atoms with E-state index in [1.54, 1.807) is 18.2 Å². The molecule has 27 heavy (non-hydrogen) atoms. The Bertz CT molecular complexity index is 752. The Morgan fingerprint density at radius 1 is 1.33 bits per heavy atom. The van der Waals surface area contributed by atoms with E-state index < -0.39 is 24.4 Å². The summed E-state index contributed by atoms with van der Waals surface area (Å²) in [6.45, 7) is 3.78. The van der Waals surface area contributed by atoms with Gasteiger partial charge in [0, 0.05) is 18.5 Å². The highest BCUT2D eigenvalue weighted by atomic mass is 19.3. The van der Waals surface area contributed by atoms with Crippen LogP contribution in [0.25, 0.3) is 0 Å². The zero-order valence-corrected chi connectivity index (χ0v) is 15.0. The molecule has 1 aliphatic heterocycles. The van der Waals surface area contributed by atoms with Crippen LogP contribution in [0.1, 0.15) is 5.56 Å². The summed E-state index contributed by atoms with van der Waals surface area (Å²) in [6, 6.07) is 5.19. The Balaban J connectivity index is 2.04. The van der Waals surface area contributed by atoms with E-state index in [1.165, 1.54) is 20.3 Å². The van der Waals surface area contributed by atoms with E-state index in [9.17, 15) is 13.6 Å². The molecular formula is C18H22F2N4O3. The molecule has 0 saturated carbocycles. The summed E-state index contributed by atoms with van der Waals surface area (Å²) in [4.78, 5) is 12.5. The zero-order valence-electron chi connectivity index (χ0n) is 15.0. The molecule has 1 aliphatic rings. The Kier molecular flexibility index (Phi) is 6.75. The molecule has 0 saturated heterocycles. The largest absolute Gasteiger partial charge is 0.493 e. The smallest absolute Gasteiger partial charge is 0.278 e. The molecule has 2 rings (SSSR count). The summed E-state index contributed by atoms with van der Waals surface area (Å²) in [5, 5.41) is 15.6. The van der Waals surface area contributed by atoms with Gasteiger partial charge >= 0.3 is 0 Å². The molecule has 0 spiro atoms. The van der Waals surface area contributed by atoms with Crippen LogP contribution >= 0.6 is 0 Å². The van der Waals surface area contributed by atoms with Crippen LogP contribution in [0.4, 0.5) is 8.78 Å². The Morgan fingerprint density at radius 2 is 2.04 bits per heavy atom. The van der Waals surface area contributed by atoms with Gasteiger partial charge in [0.1, 0.15) is 12.1 Å². The van der Waals surface area contributed by atoms with Crippen LogP contribution in [0.2, 0.25) is 0 Å². The second-order valence-electron chi connectivity index (χ2n) is 5.79. The lowest BCUT2D eigenvalue weighted by Crippen LogP contribution is -2.55. The number of nitrogens with one attached hydrogen (secondary N) is 4.